The third kappa shape index (κ3) is 3.13. The van der Waals surface area contributed by atoms with Gasteiger partial charge >= 0.3 is 6.03 Å². The van der Waals surface area contributed by atoms with Crippen molar-refractivity contribution in [2.45, 2.75) is 38.1 Å². The number of carbonyl (C=O) groups excluding carboxylic acids is 3. The number of nitrogens with zero attached hydrogens (tertiary/aromatic N) is 2. The number of amides is 4. The molecule has 136 valence electrons. The highest BCUT2D eigenvalue weighted by Crippen LogP contribution is 2.38. The number of benzene rings is 1. The molecule has 1 heterocycles. The normalized spacial score (nSPS) is 25.1. The lowest BCUT2D eigenvalue weighted by Crippen LogP contribution is -2.54. The fraction of sp³-hybridized carbons (Fsp3) is 0.444. The Labute approximate surface area is 156 Å². The molecule has 2 N–H and O–H groups in total. The predicted molar refractivity (Wildman–Crippen MR) is 95.4 cm³/mol. The Morgan fingerprint density at radius 2 is 2.23 bits per heavy atom. The van der Waals surface area contributed by atoms with Crippen LogP contribution < -0.4 is 10.6 Å². The number of nitrogens with one attached hydrogen (secondary N) is 2. The summed E-state index contributed by atoms with van der Waals surface area (Å²) in [4.78, 5) is 38.5. The fourth-order valence-corrected chi connectivity index (χ4v) is 3.86. The van der Waals surface area contributed by atoms with E-state index in [1.165, 1.54) is 12.1 Å². The lowest BCUT2D eigenvalue weighted by Gasteiger charge is -2.36. The largest absolute Gasteiger partial charge is 0.325 e. The zero-order valence-electron chi connectivity index (χ0n) is 14.3. The van der Waals surface area contributed by atoms with Crippen molar-refractivity contribution in [2.75, 3.05) is 11.9 Å². The van der Waals surface area contributed by atoms with Crippen molar-refractivity contribution in [3.63, 3.8) is 0 Å². The number of carbonyl (C=O) groups is 3. The van der Waals surface area contributed by atoms with Crippen LogP contribution in [0.2, 0.25) is 5.02 Å². The van der Waals surface area contributed by atoms with E-state index in [0.29, 0.717) is 11.4 Å². The van der Waals surface area contributed by atoms with E-state index in [0.717, 1.165) is 24.2 Å². The zero-order valence-corrected chi connectivity index (χ0v) is 15.1. The molecule has 7 nitrogen and oxygen atoms in total. The van der Waals surface area contributed by atoms with Gasteiger partial charge in [0.1, 0.15) is 18.2 Å². The molecule has 4 amide bonds. The Kier molecular flexibility index (Phi) is 4.88. The molecular weight excluding hydrogens is 356 g/mol. The average Bonchev–Trinajstić information content (AvgIpc) is 2.83. The van der Waals surface area contributed by atoms with E-state index in [1.54, 1.807) is 6.07 Å². The number of urea groups is 1. The van der Waals surface area contributed by atoms with Crippen molar-refractivity contribution in [3.05, 3.63) is 28.8 Å². The van der Waals surface area contributed by atoms with Crippen LogP contribution in [0.5, 0.6) is 0 Å². The molecular formula is C18H19ClN4O3. The van der Waals surface area contributed by atoms with E-state index in [1.807, 2.05) is 13.0 Å². The molecule has 1 aromatic rings. The molecule has 1 aliphatic carbocycles. The lowest BCUT2D eigenvalue weighted by atomic mass is 9.73. The van der Waals surface area contributed by atoms with Crippen LogP contribution in [0.25, 0.3) is 0 Å². The minimum absolute atomic E-state index is 0.0267. The van der Waals surface area contributed by atoms with Gasteiger partial charge in [0.05, 0.1) is 11.3 Å². The first kappa shape index (κ1) is 18.2. The minimum Gasteiger partial charge on any atom is -0.323 e. The summed E-state index contributed by atoms with van der Waals surface area (Å²) in [6.45, 7) is 1.54. The Bertz CT molecular complexity index is 819. The second kappa shape index (κ2) is 6.96. The molecule has 1 saturated heterocycles. The lowest BCUT2D eigenvalue weighted by molar-refractivity contribution is -0.136. The van der Waals surface area contributed by atoms with Gasteiger partial charge in [-0.3, -0.25) is 14.5 Å². The van der Waals surface area contributed by atoms with Crippen LogP contribution in [0, 0.1) is 17.2 Å². The Hall–Kier alpha value is -2.59. The number of imide groups is 1. The number of hydrogen-bond donors (Lipinski definition) is 2. The third-order valence-corrected chi connectivity index (χ3v) is 5.41. The van der Waals surface area contributed by atoms with Gasteiger partial charge in [-0.25, -0.2) is 4.79 Å². The molecule has 2 fully saturated rings. The Morgan fingerprint density at radius 1 is 1.46 bits per heavy atom. The molecule has 1 saturated carbocycles. The highest BCUT2D eigenvalue weighted by Gasteiger charge is 2.55. The molecule has 8 heteroatoms. The third-order valence-electron chi connectivity index (χ3n) is 5.18. The van der Waals surface area contributed by atoms with Crippen molar-refractivity contribution in [3.8, 4) is 6.07 Å². The van der Waals surface area contributed by atoms with Crippen LogP contribution in [0.4, 0.5) is 10.5 Å². The number of anilines is 1. The first-order valence-electron chi connectivity index (χ1n) is 8.51. The second-order valence-corrected chi connectivity index (χ2v) is 7.23. The second-order valence-electron chi connectivity index (χ2n) is 6.79. The van der Waals surface area contributed by atoms with E-state index in [-0.39, 0.29) is 23.1 Å². The summed E-state index contributed by atoms with van der Waals surface area (Å²) < 4.78 is 0. The van der Waals surface area contributed by atoms with E-state index in [2.05, 4.69) is 10.6 Å². The monoisotopic (exact) mass is 374 g/mol. The van der Waals surface area contributed by atoms with E-state index in [9.17, 15) is 14.4 Å². The molecule has 0 unspecified atom stereocenters. The maximum absolute atomic E-state index is 12.9. The van der Waals surface area contributed by atoms with Gasteiger partial charge in [-0.2, -0.15) is 5.26 Å². The quantitative estimate of drug-likeness (QED) is 0.794. The molecule has 2 atom stereocenters. The minimum atomic E-state index is -0.899. The van der Waals surface area contributed by atoms with Crippen molar-refractivity contribution in [2.24, 2.45) is 5.92 Å². The summed E-state index contributed by atoms with van der Waals surface area (Å²) in [7, 11) is 0. The van der Waals surface area contributed by atoms with Crippen molar-refractivity contribution >= 4 is 35.1 Å². The van der Waals surface area contributed by atoms with E-state index >= 15 is 0 Å². The van der Waals surface area contributed by atoms with Gasteiger partial charge in [-0.05, 0) is 37.0 Å². The maximum atomic E-state index is 12.9. The average molecular weight is 375 g/mol. The first-order chi connectivity index (χ1) is 12.4. The summed E-state index contributed by atoms with van der Waals surface area (Å²) >= 11 is 5.90. The standard InChI is InChI=1S/C18H19ClN4O3/c1-11-4-2-3-7-18(11)16(25)23(17(26)22-18)10-15(24)21-14-8-13(19)6-5-12(14)9-20/h5-6,8,11H,2-4,7,10H2,1H3,(H,21,24)(H,22,26)/t11-,18+/m0/s1. The molecule has 0 aromatic heterocycles. The van der Waals surface area contributed by atoms with Gasteiger partial charge in [-0.1, -0.05) is 31.4 Å². The van der Waals surface area contributed by atoms with Crippen molar-refractivity contribution in [1.82, 2.24) is 10.2 Å². The van der Waals surface area contributed by atoms with Crippen LogP contribution in [0.15, 0.2) is 18.2 Å². The first-order valence-corrected chi connectivity index (χ1v) is 8.89. The predicted octanol–water partition coefficient (Wildman–Crippen LogP) is 2.65. The zero-order chi connectivity index (χ0) is 18.9. The molecule has 0 radical (unpaired) electrons. The maximum Gasteiger partial charge on any atom is 0.325 e. The number of halogens is 1. The summed E-state index contributed by atoms with van der Waals surface area (Å²) in [5, 5.41) is 14.8. The Balaban J connectivity index is 1.74. The van der Waals surface area contributed by atoms with Crippen molar-refractivity contribution < 1.29 is 14.4 Å². The SMILES string of the molecule is C[C@H]1CCCC[C@@]12NC(=O)N(CC(=O)Nc1cc(Cl)ccc1C#N)C2=O. The van der Waals surface area contributed by atoms with Crippen LogP contribution in [-0.4, -0.2) is 34.8 Å². The number of rotatable bonds is 3. The molecule has 1 aliphatic heterocycles. The van der Waals surface area contributed by atoms with Gasteiger partial charge in [0.15, 0.2) is 0 Å². The van der Waals surface area contributed by atoms with Crippen LogP contribution in [-0.2, 0) is 9.59 Å². The van der Waals surface area contributed by atoms with Gasteiger partial charge in [0.25, 0.3) is 5.91 Å². The molecule has 2 aliphatic rings. The van der Waals surface area contributed by atoms with Crippen LogP contribution >= 0.6 is 11.6 Å². The molecule has 0 bridgehead atoms. The summed E-state index contributed by atoms with van der Waals surface area (Å²) in [6.07, 6.45) is 3.34. The van der Waals surface area contributed by atoms with Gasteiger partial charge in [-0.15, -0.1) is 0 Å². The highest BCUT2D eigenvalue weighted by atomic mass is 35.5. The number of nitriles is 1. The van der Waals surface area contributed by atoms with E-state index in [4.69, 9.17) is 16.9 Å². The van der Waals surface area contributed by atoms with Crippen LogP contribution in [0.3, 0.4) is 0 Å². The van der Waals surface area contributed by atoms with E-state index < -0.39 is 24.0 Å². The summed E-state index contributed by atoms with van der Waals surface area (Å²) in [6, 6.07) is 5.89. The smallest absolute Gasteiger partial charge is 0.323 e. The number of hydrogen-bond acceptors (Lipinski definition) is 4. The highest BCUT2D eigenvalue weighted by molar-refractivity contribution is 6.31. The van der Waals surface area contributed by atoms with Gasteiger partial charge in [0, 0.05) is 5.02 Å². The molecule has 1 aromatic carbocycles. The molecule has 26 heavy (non-hydrogen) atoms. The summed E-state index contributed by atoms with van der Waals surface area (Å²) in [5.74, 6) is -0.886. The molecule has 3 rings (SSSR count). The van der Waals surface area contributed by atoms with Gasteiger partial charge < -0.3 is 10.6 Å². The van der Waals surface area contributed by atoms with Crippen molar-refractivity contribution in [1.29, 1.82) is 5.26 Å². The summed E-state index contributed by atoms with van der Waals surface area (Å²) in [5.41, 5.74) is -0.404. The Morgan fingerprint density at radius 3 is 2.92 bits per heavy atom. The fourth-order valence-electron chi connectivity index (χ4n) is 3.69. The topological polar surface area (TPSA) is 102 Å². The van der Waals surface area contributed by atoms with Crippen LogP contribution in [0.1, 0.15) is 38.2 Å². The molecule has 1 spiro atoms. The van der Waals surface area contributed by atoms with Gasteiger partial charge in [0.2, 0.25) is 5.91 Å².